The molecule has 1 amide bonds. The van der Waals surface area contributed by atoms with Crippen molar-refractivity contribution in [3.8, 4) is 23.0 Å². The highest BCUT2D eigenvalue weighted by molar-refractivity contribution is 7.09. The largest absolute Gasteiger partial charge is 0.493 e. The summed E-state index contributed by atoms with van der Waals surface area (Å²) >= 11 is 1.65. The van der Waals surface area contributed by atoms with E-state index in [-0.39, 0.29) is 12.5 Å². The molecule has 31 heavy (non-hydrogen) atoms. The zero-order valence-electron chi connectivity index (χ0n) is 18.0. The second-order valence-corrected chi connectivity index (χ2v) is 7.73. The van der Waals surface area contributed by atoms with E-state index in [2.05, 4.69) is 0 Å². The number of thiophene rings is 1. The monoisotopic (exact) mass is 441 g/mol. The first kappa shape index (κ1) is 22.5. The number of hydrogen-bond acceptors (Lipinski definition) is 6. The van der Waals surface area contributed by atoms with Gasteiger partial charge in [0.15, 0.2) is 29.6 Å². The van der Waals surface area contributed by atoms with Crippen LogP contribution in [0, 0.1) is 0 Å². The lowest BCUT2D eigenvalue weighted by Gasteiger charge is -2.22. The van der Waals surface area contributed by atoms with Crippen LogP contribution in [0.4, 0.5) is 0 Å². The molecule has 0 saturated heterocycles. The Morgan fingerprint density at radius 1 is 0.903 bits per heavy atom. The minimum absolute atomic E-state index is 0.0621. The second kappa shape index (κ2) is 11.3. The van der Waals surface area contributed by atoms with E-state index < -0.39 is 0 Å². The highest BCUT2D eigenvalue weighted by Gasteiger charge is 2.16. The lowest BCUT2D eigenvalue weighted by Crippen LogP contribution is -2.34. The minimum Gasteiger partial charge on any atom is -0.493 e. The van der Waals surface area contributed by atoms with Crippen LogP contribution >= 0.6 is 11.3 Å². The zero-order chi connectivity index (χ0) is 22.1. The standard InChI is InChI=1S/C24H27NO5S/c1-4-25(24(26)17-30-21-10-6-5-9-20(21)27-2)15-18-11-12-22(23(14-18)28-3)29-16-19-8-7-13-31-19/h5-14H,4,15-17H2,1-3H3. The van der Waals surface area contributed by atoms with Gasteiger partial charge in [-0.25, -0.2) is 0 Å². The normalized spacial score (nSPS) is 10.4. The smallest absolute Gasteiger partial charge is 0.260 e. The van der Waals surface area contributed by atoms with Crippen molar-refractivity contribution in [1.82, 2.24) is 4.90 Å². The molecule has 0 spiro atoms. The van der Waals surface area contributed by atoms with E-state index in [9.17, 15) is 4.79 Å². The molecule has 3 aromatic rings. The van der Waals surface area contributed by atoms with E-state index in [1.165, 1.54) is 0 Å². The Morgan fingerprint density at radius 2 is 1.65 bits per heavy atom. The Kier molecular flexibility index (Phi) is 8.18. The van der Waals surface area contributed by atoms with Gasteiger partial charge in [-0.2, -0.15) is 0 Å². The van der Waals surface area contributed by atoms with Gasteiger partial charge in [0, 0.05) is 18.0 Å². The average molecular weight is 442 g/mol. The highest BCUT2D eigenvalue weighted by atomic mass is 32.1. The summed E-state index contributed by atoms with van der Waals surface area (Å²) < 4.78 is 22.3. The Labute approximate surface area is 186 Å². The van der Waals surface area contributed by atoms with Gasteiger partial charge in [0.2, 0.25) is 0 Å². The first-order valence-corrected chi connectivity index (χ1v) is 10.9. The maximum absolute atomic E-state index is 12.7. The summed E-state index contributed by atoms with van der Waals surface area (Å²) in [6, 6.07) is 17.0. The topological polar surface area (TPSA) is 57.2 Å². The Hall–Kier alpha value is -3.19. The lowest BCUT2D eigenvalue weighted by molar-refractivity contribution is -0.133. The summed E-state index contributed by atoms with van der Waals surface area (Å²) in [6.45, 7) is 3.39. The van der Waals surface area contributed by atoms with Gasteiger partial charge in [-0.05, 0) is 48.2 Å². The van der Waals surface area contributed by atoms with Gasteiger partial charge in [-0.3, -0.25) is 4.79 Å². The van der Waals surface area contributed by atoms with Crippen LogP contribution in [-0.2, 0) is 17.9 Å². The number of methoxy groups -OCH3 is 2. The lowest BCUT2D eigenvalue weighted by atomic mass is 10.2. The number of rotatable bonds is 11. The number of amides is 1. The van der Waals surface area contributed by atoms with Crippen molar-refractivity contribution >= 4 is 17.2 Å². The zero-order valence-corrected chi connectivity index (χ0v) is 18.8. The van der Waals surface area contributed by atoms with Gasteiger partial charge < -0.3 is 23.8 Å². The molecule has 7 heteroatoms. The number of ether oxygens (including phenoxy) is 4. The third-order valence-electron chi connectivity index (χ3n) is 4.71. The molecule has 3 rings (SSSR count). The fraction of sp³-hybridized carbons (Fsp3) is 0.292. The Morgan fingerprint density at radius 3 is 2.32 bits per heavy atom. The van der Waals surface area contributed by atoms with Crippen LogP contribution in [0.1, 0.15) is 17.4 Å². The highest BCUT2D eigenvalue weighted by Crippen LogP contribution is 2.30. The molecule has 0 fully saturated rings. The molecule has 0 aliphatic heterocycles. The predicted octanol–water partition coefficient (Wildman–Crippen LogP) is 4.77. The Balaban J connectivity index is 1.61. The quantitative estimate of drug-likeness (QED) is 0.429. The van der Waals surface area contributed by atoms with E-state index in [1.807, 2.05) is 54.8 Å². The van der Waals surface area contributed by atoms with Gasteiger partial charge in [0.05, 0.1) is 14.2 Å². The van der Waals surface area contributed by atoms with Crippen molar-refractivity contribution in [3.05, 3.63) is 70.4 Å². The molecule has 0 saturated carbocycles. The Bertz CT molecular complexity index is 974. The summed E-state index contributed by atoms with van der Waals surface area (Å²) in [5.41, 5.74) is 0.952. The molecular weight excluding hydrogens is 414 g/mol. The molecule has 1 heterocycles. The number of carbonyl (C=O) groups excluding carboxylic acids is 1. The third-order valence-corrected chi connectivity index (χ3v) is 5.56. The van der Waals surface area contributed by atoms with Crippen LogP contribution in [0.3, 0.4) is 0 Å². The molecule has 0 aliphatic carbocycles. The molecule has 0 radical (unpaired) electrons. The van der Waals surface area contributed by atoms with Crippen LogP contribution in [-0.4, -0.2) is 38.2 Å². The van der Waals surface area contributed by atoms with Crippen molar-refractivity contribution in [1.29, 1.82) is 0 Å². The SMILES string of the molecule is CCN(Cc1ccc(OCc2cccs2)c(OC)c1)C(=O)COc1ccccc1OC. The van der Waals surface area contributed by atoms with Crippen molar-refractivity contribution in [2.45, 2.75) is 20.1 Å². The summed E-state index contributed by atoms with van der Waals surface area (Å²) in [6.07, 6.45) is 0. The van der Waals surface area contributed by atoms with E-state index in [0.717, 1.165) is 10.4 Å². The van der Waals surface area contributed by atoms with Crippen molar-refractivity contribution < 1.29 is 23.7 Å². The molecule has 0 bridgehead atoms. The van der Waals surface area contributed by atoms with E-state index in [1.54, 1.807) is 42.6 Å². The fourth-order valence-corrected chi connectivity index (χ4v) is 3.65. The molecule has 0 atom stereocenters. The number of nitrogens with zero attached hydrogens (tertiary/aromatic N) is 1. The molecule has 1 aromatic heterocycles. The van der Waals surface area contributed by atoms with Gasteiger partial charge >= 0.3 is 0 Å². The molecule has 6 nitrogen and oxygen atoms in total. The maximum atomic E-state index is 12.7. The number of hydrogen-bond donors (Lipinski definition) is 0. The van der Waals surface area contributed by atoms with Crippen molar-refractivity contribution in [2.24, 2.45) is 0 Å². The summed E-state index contributed by atoms with van der Waals surface area (Å²) in [4.78, 5) is 15.6. The van der Waals surface area contributed by atoms with Crippen LogP contribution in [0.5, 0.6) is 23.0 Å². The van der Waals surface area contributed by atoms with E-state index in [4.69, 9.17) is 18.9 Å². The number of likely N-dealkylation sites (N-methyl/N-ethyl adjacent to an activating group) is 1. The average Bonchev–Trinajstić information content (AvgIpc) is 3.33. The fourth-order valence-electron chi connectivity index (χ4n) is 3.04. The van der Waals surface area contributed by atoms with Crippen LogP contribution in [0.15, 0.2) is 60.0 Å². The molecule has 164 valence electrons. The van der Waals surface area contributed by atoms with E-state index in [0.29, 0.717) is 42.7 Å². The third kappa shape index (κ3) is 6.15. The van der Waals surface area contributed by atoms with Crippen LogP contribution < -0.4 is 18.9 Å². The molecule has 0 N–H and O–H groups in total. The van der Waals surface area contributed by atoms with Crippen LogP contribution in [0.2, 0.25) is 0 Å². The minimum atomic E-state index is -0.106. The van der Waals surface area contributed by atoms with Crippen LogP contribution in [0.25, 0.3) is 0 Å². The van der Waals surface area contributed by atoms with Crippen molar-refractivity contribution in [2.75, 3.05) is 27.4 Å². The maximum Gasteiger partial charge on any atom is 0.260 e. The summed E-state index contributed by atoms with van der Waals surface area (Å²) in [5.74, 6) is 2.35. The first-order chi connectivity index (χ1) is 15.1. The summed E-state index contributed by atoms with van der Waals surface area (Å²) in [7, 11) is 3.19. The number of benzene rings is 2. The van der Waals surface area contributed by atoms with Gasteiger partial charge in [0.25, 0.3) is 5.91 Å². The second-order valence-electron chi connectivity index (χ2n) is 6.70. The molecule has 2 aromatic carbocycles. The van der Waals surface area contributed by atoms with Crippen molar-refractivity contribution in [3.63, 3.8) is 0 Å². The molecular formula is C24H27NO5S. The first-order valence-electron chi connectivity index (χ1n) is 10.00. The van der Waals surface area contributed by atoms with Gasteiger partial charge in [-0.15, -0.1) is 11.3 Å². The number of para-hydroxylation sites is 2. The molecule has 0 aliphatic rings. The molecule has 0 unspecified atom stereocenters. The predicted molar refractivity (Wildman–Crippen MR) is 121 cm³/mol. The summed E-state index contributed by atoms with van der Waals surface area (Å²) in [5, 5.41) is 2.02. The van der Waals surface area contributed by atoms with Gasteiger partial charge in [0.1, 0.15) is 6.61 Å². The van der Waals surface area contributed by atoms with E-state index >= 15 is 0 Å². The van der Waals surface area contributed by atoms with Gasteiger partial charge in [-0.1, -0.05) is 24.3 Å². The number of carbonyl (C=O) groups is 1.